The molecule has 5 aromatic carbocycles. The number of nitrogens with one attached hydrogen (secondary N) is 1. The molecule has 0 bridgehead atoms. The van der Waals surface area contributed by atoms with Crippen molar-refractivity contribution in [3.63, 3.8) is 0 Å². The summed E-state index contributed by atoms with van der Waals surface area (Å²) >= 11 is 0. The highest BCUT2D eigenvalue weighted by Gasteiger charge is 2.44. The number of pyridine rings is 1. The lowest BCUT2D eigenvalue weighted by molar-refractivity contribution is -0.140. The van der Waals surface area contributed by atoms with Gasteiger partial charge in [0.05, 0.1) is 34.9 Å². The Kier molecular flexibility index (Phi) is 9.40. The van der Waals surface area contributed by atoms with Crippen LogP contribution in [0, 0.1) is 6.92 Å². The zero-order valence-corrected chi connectivity index (χ0v) is 30.1. The summed E-state index contributed by atoms with van der Waals surface area (Å²) in [4.78, 5) is 10.0. The highest BCUT2D eigenvalue weighted by atomic mass is 32.2. The summed E-state index contributed by atoms with van der Waals surface area (Å²) in [5, 5.41) is 4.88. The summed E-state index contributed by atoms with van der Waals surface area (Å²) in [6, 6.07) is 44.3. The van der Waals surface area contributed by atoms with Gasteiger partial charge in [0.1, 0.15) is 17.3 Å². The smallest absolute Gasteiger partial charge is 0.180 e. The van der Waals surface area contributed by atoms with E-state index in [1.165, 1.54) is 11.1 Å². The average Bonchev–Trinajstić information content (AvgIpc) is 3.27. The summed E-state index contributed by atoms with van der Waals surface area (Å²) in [6.07, 6.45) is 0. The van der Waals surface area contributed by atoms with Crippen LogP contribution in [0.15, 0.2) is 138 Å². The van der Waals surface area contributed by atoms with E-state index in [9.17, 15) is 8.42 Å². The molecule has 0 radical (unpaired) electrons. The summed E-state index contributed by atoms with van der Waals surface area (Å²) in [7, 11) is -3.56. The van der Waals surface area contributed by atoms with E-state index in [-0.39, 0.29) is 11.3 Å². The molecule has 1 saturated heterocycles. The topological polar surface area (TPSA) is 84.0 Å². The molecular weight excluding hydrogens is 669 g/mol. The normalized spacial score (nSPS) is 16.2. The third-order valence-corrected chi connectivity index (χ3v) is 11.8. The maximum absolute atomic E-state index is 13.6. The van der Waals surface area contributed by atoms with Gasteiger partial charge in [0.2, 0.25) is 0 Å². The summed E-state index contributed by atoms with van der Waals surface area (Å²) in [5.74, 6) is 1.86. The van der Waals surface area contributed by atoms with Crippen LogP contribution in [-0.4, -0.2) is 55.9 Å². The van der Waals surface area contributed by atoms with Crippen molar-refractivity contribution < 1.29 is 17.9 Å². The Morgan fingerprint density at radius 1 is 0.808 bits per heavy atom. The van der Waals surface area contributed by atoms with Crippen molar-refractivity contribution in [2.45, 2.75) is 37.0 Å². The number of sulfone groups is 1. The van der Waals surface area contributed by atoms with Crippen molar-refractivity contribution in [1.29, 1.82) is 0 Å². The van der Waals surface area contributed by atoms with Crippen molar-refractivity contribution in [2.24, 2.45) is 0 Å². The number of benzene rings is 5. The molecule has 0 spiro atoms. The van der Waals surface area contributed by atoms with E-state index >= 15 is 0 Å². The molecule has 2 aliphatic rings. The van der Waals surface area contributed by atoms with Crippen LogP contribution < -0.4 is 15.0 Å². The number of aromatic nitrogens is 1. The standard InChI is InChI=1S/C43H42N4O4S/c1-32-17-20-39-38(23-32)40(44-29-43(30-50-31-43)47(26-33-11-5-2-6-12-33)27-34-13-7-3-8-14-34)25-42(45-39)46-21-22-52(48,49)41-24-37(19-18-35(41)28-46)51-36-15-9-4-10-16-36/h2-20,23-25H,21-22,26-31H2,1H3,(H,44,45). The number of aryl methyl sites for hydroxylation is 1. The zero-order chi connectivity index (χ0) is 35.5. The van der Waals surface area contributed by atoms with Crippen LogP contribution in [0.1, 0.15) is 22.3 Å². The van der Waals surface area contributed by atoms with Crippen LogP contribution >= 0.6 is 0 Å². The van der Waals surface area contributed by atoms with Gasteiger partial charge in [0.15, 0.2) is 9.84 Å². The fourth-order valence-corrected chi connectivity index (χ4v) is 8.60. The van der Waals surface area contributed by atoms with E-state index in [1.54, 1.807) is 6.07 Å². The number of hydrogen-bond acceptors (Lipinski definition) is 8. The second kappa shape index (κ2) is 14.4. The van der Waals surface area contributed by atoms with Crippen molar-refractivity contribution in [3.05, 3.63) is 156 Å². The molecule has 8 nitrogen and oxygen atoms in total. The predicted octanol–water partition coefficient (Wildman–Crippen LogP) is 8.01. The molecule has 2 aliphatic heterocycles. The Morgan fingerprint density at radius 2 is 1.48 bits per heavy atom. The molecule has 6 aromatic rings. The van der Waals surface area contributed by atoms with Gasteiger partial charge in [0, 0.05) is 49.9 Å². The fourth-order valence-electron chi connectivity index (χ4n) is 7.09. The summed E-state index contributed by atoms with van der Waals surface area (Å²) in [6.45, 7) is 6.30. The first-order chi connectivity index (χ1) is 25.3. The lowest BCUT2D eigenvalue weighted by Crippen LogP contribution is -2.65. The van der Waals surface area contributed by atoms with Crippen molar-refractivity contribution in [3.8, 4) is 11.5 Å². The van der Waals surface area contributed by atoms with Gasteiger partial charge in [-0.15, -0.1) is 0 Å². The van der Waals surface area contributed by atoms with Crippen molar-refractivity contribution >= 4 is 32.2 Å². The van der Waals surface area contributed by atoms with E-state index in [2.05, 4.69) is 101 Å². The second-order valence-corrected chi connectivity index (χ2v) is 15.9. The number of para-hydroxylation sites is 1. The highest BCUT2D eigenvalue weighted by molar-refractivity contribution is 7.91. The van der Waals surface area contributed by atoms with Crippen molar-refractivity contribution in [1.82, 2.24) is 9.88 Å². The van der Waals surface area contributed by atoms with Crippen LogP contribution in [0.2, 0.25) is 0 Å². The summed E-state index contributed by atoms with van der Waals surface area (Å²) < 4.78 is 39.2. The molecule has 1 fully saturated rings. The number of anilines is 2. The molecular formula is C43H42N4O4S. The number of rotatable bonds is 11. The lowest BCUT2D eigenvalue weighted by Gasteiger charge is -2.50. The van der Waals surface area contributed by atoms with Gasteiger partial charge in [0.25, 0.3) is 0 Å². The minimum atomic E-state index is -3.56. The Morgan fingerprint density at radius 3 is 2.13 bits per heavy atom. The molecule has 8 rings (SSSR count). The predicted molar refractivity (Wildman–Crippen MR) is 207 cm³/mol. The van der Waals surface area contributed by atoms with Gasteiger partial charge in [-0.2, -0.15) is 0 Å². The molecule has 0 atom stereocenters. The number of ether oxygens (including phenoxy) is 2. The molecule has 3 heterocycles. The molecule has 9 heteroatoms. The molecule has 1 N–H and O–H groups in total. The van der Waals surface area contributed by atoms with E-state index < -0.39 is 9.84 Å². The number of nitrogens with zero attached hydrogens (tertiary/aromatic N) is 3. The third-order valence-electron chi connectivity index (χ3n) is 10.1. The van der Waals surface area contributed by atoms with Crippen LogP contribution in [0.5, 0.6) is 11.5 Å². The van der Waals surface area contributed by atoms with E-state index in [1.807, 2.05) is 48.5 Å². The molecule has 0 unspecified atom stereocenters. The molecule has 264 valence electrons. The van der Waals surface area contributed by atoms with Crippen LogP contribution in [0.25, 0.3) is 10.9 Å². The van der Waals surface area contributed by atoms with Gasteiger partial charge in [-0.05, 0) is 60.0 Å². The molecule has 1 aromatic heterocycles. The number of hydrogen-bond donors (Lipinski definition) is 1. The van der Waals surface area contributed by atoms with E-state index in [0.29, 0.717) is 49.2 Å². The number of fused-ring (bicyclic) bond motifs is 2. The van der Waals surface area contributed by atoms with Gasteiger partial charge < -0.3 is 19.7 Å². The monoisotopic (exact) mass is 710 g/mol. The molecule has 52 heavy (non-hydrogen) atoms. The molecule has 0 aliphatic carbocycles. The minimum Gasteiger partial charge on any atom is -0.457 e. The van der Waals surface area contributed by atoms with E-state index in [4.69, 9.17) is 14.5 Å². The first-order valence-electron chi connectivity index (χ1n) is 17.7. The fraction of sp³-hybridized carbons (Fsp3) is 0.233. The Bertz CT molecular complexity index is 2240. The molecule has 0 amide bonds. The maximum Gasteiger partial charge on any atom is 0.180 e. The quantitative estimate of drug-likeness (QED) is 0.145. The first kappa shape index (κ1) is 33.9. The minimum absolute atomic E-state index is 0.0282. The average molecular weight is 711 g/mol. The van der Waals surface area contributed by atoms with Gasteiger partial charge in [-0.1, -0.05) is 96.6 Å². The Labute approximate surface area is 305 Å². The van der Waals surface area contributed by atoms with Crippen LogP contribution in [0.3, 0.4) is 0 Å². The van der Waals surface area contributed by atoms with Crippen LogP contribution in [-0.2, 0) is 34.2 Å². The molecule has 0 saturated carbocycles. The van der Waals surface area contributed by atoms with E-state index in [0.717, 1.165) is 46.6 Å². The highest BCUT2D eigenvalue weighted by Crippen LogP contribution is 2.35. The van der Waals surface area contributed by atoms with Gasteiger partial charge in [-0.25, -0.2) is 13.4 Å². The lowest BCUT2D eigenvalue weighted by atomic mass is 9.92. The largest absolute Gasteiger partial charge is 0.457 e. The van der Waals surface area contributed by atoms with Crippen molar-refractivity contribution in [2.75, 3.05) is 42.3 Å². The Hall–Kier alpha value is -5.22. The zero-order valence-electron chi connectivity index (χ0n) is 29.2. The Balaban J connectivity index is 1.10. The summed E-state index contributed by atoms with van der Waals surface area (Å²) in [5.41, 5.74) is 5.97. The maximum atomic E-state index is 13.6. The second-order valence-electron chi connectivity index (χ2n) is 13.9. The van der Waals surface area contributed by atoms with Gasteiger partial charge >= 0.3 is 0 Å². The SMILES string of the molecule is Cc1ccc2nc(N3CCS(=O)(=O)c4cc(Oc5ccccc5)ccc4C3)cc(NCC3(N(Cc4ccccc4)Cc4ccccc4)COC3)c2c1. The van der Waals surface area contributed by atoms with Gasteiger partial charge in [-0.3, -0.25) is 4.90 Å². The third kappa shape index (κ3) is 7.25. The first-order valence-corrected chi connectivity index (χ1v) is 19.4. The van der Waals surface area contributed by atoms with Crippen LogP contribution in [0.4, 0.5) is 11.5 Å².